The highest BCUT2D eigenvalue weighted by Crippen LogP contribution is 2.42. The molecule has 0 amide bonds. The van der Waals surface area contributed by atoms with Crippen LogP contribution in [0.5, 0.6) is 0 Å². The predicted octanol–water partition coefficient (Wildman–Crippen LogP) is 4.97. The summed E-state index contributed by atoms with van der Waals surface area (Å²) < 4.78 is 5.74. The van der Waals surface area contributed by atoms with Crippen molar-refractivity contribution in [3.8, 4) is 0 Å². The summed E-state index contributed by atoms with van der Waals surface area (Å²) in [4.78, 5) is 15.4. The maximum atomic E-state index is 13.1. The van der Waals surface area contributed by atoms with Crippen molar-refractivity contribution in [1.29, 1.82) is 0 Å². The van der Waals surface area contributed by atoms with Crippen molar-refractivity contribution in [2.24, 2.45) is 11.8 Å². The van der Waals surface area contributed by atoms with Gasteiger partial charge in [-0.15, -0.1) is 12.4 Å². The van der Waals surface area contributed by atoms with Crippen LogP contribution in [0.3, 0.4) is 0 Å². The van der Waals surface area contributed by atoms with Gasteiger partial charge in [0.15, 0.2) is 0 Å². The van der Waals surface area contributed by atoms with Crippen LogP contribution in [0.15, 0.2) is 0 Å². The Morgan fingerprint density at radius 3 is 2.07 bits per heavy atom. The van der Waals surface area contributed by atoms with Gasteiger partial charge in [0, 0.05) is 6.54 Å². The molecule has 5 heteroatoms. The second-order valence-corrected chi connectivity index (χ2v) is 8.44. The number of carbonyl (C=O) groups is 1. The molecule has 2 fully saturated rings. The summed E-state index contributed by atoms with van der Waals surface area (Å²) in [5.74, 6) is -0.154. The lowest BCUT2D eigenvalue weighted by atomic mass is 9.68. The number of likely N-dealkylation sites (N-methyl/N-ethyl adjacent to an activating group) is 1. The molecule has 2 aliphatic carbocycles. The largest absolute Gasteiger partial charge is 0.464 e. The van der Waals surface area contributed by atoms with Crippen molar-refractivity contribution in [3.63, 3.8) is 0 Å². The fourth-order valence-electron chi connectivity index (χ4n) is 5.05. The Kier molecular flexibility index (Phi) is 11.9. The zero-order valence-corrected chi connectivity index (χ0v) is 18.4. The van der Waals surface area contributed by atoms with E-state index in [-0.39, 0.29) is 24.3 Å². The predicted molar refractivity (Wildman–Crippen MR) is 113 cm³/mol. The minimum absolute atomic E-state index is 0. The molecule has 4 nitrogen and oxygen atoms in total. The Labute approximate surface area is 172 Å². The molecule has 2 aliphatic rings. The van der Waals surface area contributed by atoms with E-state index >= 15 is 0 Å². The topological polar surface area (TPSA) is 49.8 Å². The molecule has 0 aromatic carbocycles. The number of hydrogen-bond donors (Lipinski definition) is 1. The molecule has 1 N–H and O–H groups in total. The summed E-state index contributed by atoms with van der Waals surface area (Å²) in [5.41, 5.74) is -0.852. The van der Waals surface area contributed by atoms with Crippen LogP contribution in [0.4, 0.5) is 0 Å². The number of aliphatic hydroxyl groups is 1. The summed E-state index contributed by atoms with van der Waals surface area (Å²) in [5, 5.41) is 11.5. The molecule has 0 aromatic rings. The molecule has 1 unspecified atom stereocenters. The smallest absolute Gasteiger partial charge is 0.312 e. The van der Waals surface area contributed by atoms with Gasteiger partial charge in [-0.3, -0.25) is 4.79 Å². The highest BCUT2D eigenvalue weighted by atomic mass is 35.5. The van der Waals surface area contributed by atoms with Crippen LogP contribution in [0, 0.1) is 11.8 Å². The molecule has 0 spiro atoms. The molecule has 0 heterocycles. The highest BCUT2D eigenvalue weighted by molar-refractivity contribution is 5.85. The van der Waals surface area contributed by atoms with E-state index in [0.29, 0.717) is 12.5 Å². The van der Waals surface area contributed by atoms with E-state index in [1.165, 1.54) is 38.5 Å². The molecule has 0 saturated heterocycles. The Bertz CT molecular complexity index is 400. The molecule has 1 atom stereocenters. The molecular formula is C22H42ClNO3. The lowest BCUT2D eigenvalue weighted by Crippen LogP contribution is -2.48. The Morgan fingerprint density at radius 2 is 1.52 bits per heavy atom. The standard InChI is InChI=1S/C22H41NO3.ClH/c1-3-23(4-2)17-18-26-21(24)20(19-13-9-8-10-14-19)22(25)15-11-6-5-7-12-16-22;/h19-20,25H,3-18H2,1-2H3;1H. The maximum absolute atomic E-state index is 13.1. The minimum Gasteiger partial charge on any atom is -0.464 e. The Morgan fingerprint density at radius 1 is 1.00 bits per heavy atom. The number of carbonyl (C=O) groups excluding carboxylic acids is 1. The monoisotopic (exact) mass is 403 g/mol. The van der Waals surface area contributed by atoms with Crippen LogP contribution in [0.2, 0.25) is 0 Å². The quantitative estimate of drug-likeness (QED) is 0.581. The number of ether oxygens (including phenoxy) is 1. The number of halogens is 1. The third-order valence-corrected chi connectivity index (χ3v) is 6.72. The first-order chi connectivity index (χ1) is 12.6. The first kappa shape index (κ1) is 24.7. The maximum Gasteiger partial charge on any atom is 0.312 e. The number of hydrogen-bond acceptors (Lipinski definition) is 4. The van der Waals surface area contributed by atoms with E-state index in [9.17, 15) is 9.90 Å². The fraction of sp³-hybridized carbons (Fsp3) is 0.955. The molecule has 2 saturated carbocycles. The van der Waals surface area contributed by atoms with Crippen LogP contribution >= 0.6 is 12.4 Å². The first-order valence-electron chi connectivity index (χ1n) is 11.2. The summed E-state index contributed by atoms with van der Waals surface area (Å²) in [6.07, 6.45) is 13.0. The molecule has 0 bridgehead atoms. The summed E-state index contributed by atoms with van der Waals surface area (Å²) in [6.45, 7) is 7.45. The molecule has 0 aromatic heterocycles. The van der Waals surface area contributed by atoms with Crippen molar-refractivity contribution >= 4 is 18.4 Å². The molecule has 27 heavy (non-hydrogen) atoms. The van der Waals surface area contributed by atoms with Gasteiger partial charge in [-0.1, -0.05) is 65.2 Å². The zero-order chi connectivity index (χ0) is 18.8. The van der Waals surface area contributed by atoms with Crippen molar-refractivity contribution in [3.05, 3.63) is 0 Å². The number of rotatable bonds is 8. The average molecular weight is 404 g/mol. The Balaban J connectivity index is 0.00000364. The molecule has 160 valence electrons. The number of esters is 1. The highest BCUT2D eigenvalue weighted by Gasteiger charge is 2.46. The van der Waals surface area contributed by atoms with Gasteiger partial charge < -0.3 is 14.7 Å². The van der Waals surface area contributed by atoms with Gasteiger partial charge in [0.2, 0.25) is 0 Å². The van der Waals surface area contributed by atoms with Gasteiger partial charge in [0.05, 0.1) is 11.5 Å². The molecular weight excluding hydrogens is 362 g/mol. The van der Waals surface area contributed by atoms with Crippen molar-refractivity contribution < 1.29 is 14.6 Å². The van der Waals surface area contributed by atoms with E-state index in [1.807, 2.05) is 0 Å². The third kappa shape index (κ3) is 7.55. The van der Waals surface area contributed by atoms with E-state index < -0.39 is 5.60 Å². The van der Waals surface area contributed by atoms with Crippen molar-refractivity contribution in [2.75, 3.05) is 26.2 Å². The van der Waals surface area contributed by atoms with Crippen LogP contribution in [-0.4, -0.2) is 47.8 Å². The van der Waals surface area contributed by atoms with Gasteiger partial charge in [-0.25, -0.2) is 0 Å². The fourth-order valence-corrected chi connectivity index (χ4v) is 5.05. The molecule has 2 rings (SSSR count). The van der Waals surface area contributed by atoms with Gasteiger partial charge in [-0.05, 0) is 44.7 Å². The van der Waals surface area contributed by atoms with Crippen LogP contribution in [-0.2, 0) is 9.53 Å². The lowest BCUT2D eigenvalue weighted by Gasteiger charge is -2.41. The first-order valence-corrected chi connectivity index (χ1v) is 11.2. The van der Waals surface area contributed by atoms with Crippen LogP contribution < -0.4 is 0 Å². The van der Waals surface area contributed by atoms with E-state index in [1.54, 1.807) is 0 Å². The lowest BCUT2D eigenvalue weighted by molar-refractivity contribution is -0.167. The van der Waals surface area contributed by atoms with Crippen LogP contribution in [0.1, 0.15) is 90.9 Å². The minimum atomic E-state index is -0.852. The Hall–Kier alpha value is -0.320. The van der Waals surface area contributed by atoms with Crippen LogP contribution in [0.25, 0.3) is 0 Å². The third-order valence-electron chi connectivity index (χ3n) is 6.72. The van der Waals surface area contributed by atoms with Gasteiger partial charge in [0.25, 0.3) is 0 Å². The summed E-state index contributed by atoms with van der Waals surface area (Å²) in [6, 6.07) is 0. The van der Waals surface area contributed by atoms with Crippen molar-refractivity contribution in [2.45, 2.75) is 96.5 Å². The van der Waals surface area contributed by atoms with E-state index in [0.717, 1.165) is 58.2 Å². The second-order valence-electron chi connectivity index (χ2n) is 8.44. The normalized spacial score (nSPS) is 22.4. The van der Waals surface area contributed by atoms with E-state index in [2.05, 4.69) is 18.7 Å². The summed E-state index contributed by atoms with van der Waals surface area (Å²) >= 11 is 0. The zero-order valence-electron chi connectivity index (χ0n) is 17.6. The second kappa shape index (κ2) is 13.0. The van der Waals surface area contributed by atoms with Crippen molar-refractivity contribution in [1.82, 2.24) is 4.90 Å². The number of nitrogens with zero attached hydrogens (tertiary/aromatic N) is 1. The van der Waals surface area contributed by atoms with Gasteiger partial charge in [0.1, 0.15) is 6.61 Å². The molecule has 0 radical (unpaired) electrons. The SMILES string of the molecule is CCN(CC)CCOC(=O)C(C1CCCCC1)C1(O)CCCCCCC1.Cl. The van der Waals surface area contributed by atoms with E-state index in [4.69, 9.17) is 4.74 Å². The summed E-state index contributed by atoms with van der Waals surface area (Å²) in [7, 11) is 0. The molecule has 0 aliphatic heterocycles. The van der Waals surface area contributed by atoms with Gasteiger partial charge >= 0.3 is 5.97 Å². The average Bonchev–Trinajstić information content (AvgIpc) is 2.63. The van der Waals surface area contributed by atoms with Gasteiger partial charge in [-0.2, -0.15) is 0 Å².